The Labute approximate surface area is 97.6 Å². The third kappa shape index (κ3) is 2.36. The van der Waals surface area contributed by atoms with Gasteiger partial charge >= 0.3 is 0 Å². The maximum absolute atomic E-state index is 12.9. The highest BCUT2D eigenvalue weighted by Crippen LogP contribution is 2.15. The molecule has 2 aromatic rings. The van der Waals surface area contributed by atoms with Crippen LogP contribution in [-0.4, -0.2) is 5.78 Å². The van der Waals surface area contributed by atoms with Crippen LogP contribution in [0.15, 0.2) is 35.0 Å². The second kappa shape index (κ2) is 4.58. The topological polar surface area (TPSA) is 17.1 Å². The minimum absolute atomic E-state index is 0.0796. The van der Waals surface area contributed by atoms with Gasteiger partial charge in [-0.2, -0.15) is 11.3 Å². The number of aryl methyl sites for hydroxylation is 1. The molecule has 0 N–H and O–H groups in total. The summed E-state index contributed by atoms with van der Waals surface area (Å²) in [4.78, 5) is 11.8. The van der Waals surface area contributed by atoms with Crippen molar-refractivity contribution in [3.8, 4) is 0 Å². The monoisotopic (exact) mass is 234 g/mol. The van der Waals surface area contributed by atoms with E-state index in [4.69, 9.17) is 0 Å². The van der Waals surface area contributed by atoms with Crippen LogP contribution in [0.5, 0.6) is 0 Å². The maximum atomic E-state index is 12.9. The fraction of sp³-hybridized carbons (Fsp3) is 0.154. The normalized spacial score (nSPS) is 10.4. The number of carbonyl (C=O) groups excluding carboxylic acids is 1. The van der Waals surface area contributed by atoms with Gasteiger partial charge in [0.05, 0.1) is 0 Å². The summed E-state index contributed by atoms with van der Waals surface area (Å²) in [6.07, 6.45) is 0.336. The molecule has 0 radical (unpaired) electrons. The molecule has 16 heavy (non-hydrogen) atoms. The number of hydrogen-bond acceptors (Lipinski definition) is 2. The standard InChI is InChI=1S/C13H11FOS/c1-9-6-12(14)3-2-10(9)7-13(15)11-4-5-16-8-11/h2-6,8H,7H2,1H3. The van der Waals surface area contributed by atoms with Crippen molar-refractivity contribution >= 4 is 17.1 Å². The van der Waals surface area contributed by atoms with Gasteiger partial charge in [0.25, 0.3) is 0 Å². The molecular formula is C13H11FOS. The summed E-state index contributed by atoms with van der Waals surface area (Å²) in [7, 11) is 0. The zero-order chi connectivity index (χ0) is 11.5. The molecule has 1 aromatic carbocycles. The molecule has 0 aliphatic rings. The van der Waals surface area contributed by atoms with E-state index in [0.717, 1.165) is 16.7 Å². The van der Waals surface area contributed by atoms with Gasteiger partial charge in [0.2, 0.25) is 0 Å². The maximum Gasteiger partial charge on any atom is 0.168 e. The Morgan fingerprint density at radius 1 is 1.38 bits per heavy atom. The van der Waals surface area contributed by atoms with Crippen LogP contribution in [0.4, 0.5) is 4.39 Å². The lowest BCUT2D eigenvalue weighted by Crippen LogP contribution is -2.03. The first-order chi connectivity index (χ1) is 7.66. The predicted molar refractivity (Wildman–Crippen MR) is 63.5 cm³/mol. The summed E-state index contributed by atoms with van der Waals surface area (Å²) >= 11 is 1.50. The Hall–Kier alpha value is -1.48. The first-order valence-corrected chi connectivity index (χ1v) is 5.91. The number of halogens is 1. The van der Waals surface area contributed by atoms with Crippen LogP contribution in [0.2, 0.25) is 0 Å². The fourth-order valence-corrected chi connectivity index (χ4v) is 2.22. The van der Waals surface area contributed by atoms with Crippen molar-refractivity contribution in [3.05, 3.63) is 57.5 Å². The van der Waals surface area contributed by atoms with Crippen molar-refractivity contribution in [3.63, 3.8) is 0 Å². The largest absolute Gasteiger partial charge is 0.294 e. The van der Waals surface area contributed by atoms with Gasteiger partial charge in [-0.25, -0.2) is 4.39 Å². The van der Waals surface area contributed by atoms with Crippen molar-refractivity contribution in [2.24, 2.45) is 0 Å². The number of carbonyl (C=O) groups is 1. The quantitative estimate of drug-likeness (QED) is 0.741. The van der Waals surface area contributed by atoms with E-state index in [1.165, 1.54) is 23.5 Å². The molecule has 0 amide bonds. The first-order valence-electron chi connectivity index (χ1n) is 4.97. The van der Waals surface area contributed by atoms with E-state index in [0.29, 0.717) is 6.42 Å². The molecule has 0 aliphatic heterocycles. The summed E-state index contributed by atoms with van der Waals surface area (Å²) in [5.74, 6) is -0.180. The van der Waals surface area contributed by atoms with E-state index in [9.17, 15) is 9.18 Å². The van der Waals surface area contributed by atoms with Gasteiger partial charge in [-0.3, -0.25) is 4.79 Å². The second-order valence-electron chi connectivity index (χ2n) is 3.68. The van der Waals surface area contributed by atoms with Crippen LogP contribution in [0.3, 0.4) is 0 Å². The molecule has 0 spiro atoms. The van der Waals surface area contributed by atoms with Crippen molar-refractivity contribution in [1.82, 2.24) is 0 Å². The summed E-state index contributed by atoms with van der Waals surface area (Å²) in [5.41, 5.74) is 2.44. The Kier molecular flexibility index (Phi) is 3.15. The van der Waals surface area contributed by atoms with Gasteiger partial charge < -0.3 is 0 Å². The zero-order valence-electron chi connectivity index (χ0n) is 8.87. The summed E-state index contributed by atoms with van der Waals surface area (Å²) in [5, 5.41) is 3.71. The molecule has 0 aliphatic carbocycles. The minimum Gasteiger partial charge on any atom is -0.294 e. The zero-order valence-corrected chi connectivity index (χ0v) is 9.68. The van der Waals surface area contributed by atoms with Crippen LogP contribution >= 0.6 is 11.3 Å². The highest BCUT2D eigenvalue weighted by atomic mass is 32.1. The van der Waals surface area contributed by atoms with E-state index in [1.807, 2.05) is 23.8 Å². The van der Waals surface area contributed by atoms with E-state index in [2.05, 4.69) is 0 Å². The molecule has 82 valence electrons. The fourth-order valence-electron chi connectivity index (χ4n) is 1.56. The number of rotatable bonds is 3. The molecule has 1 nitrogen and oxygen atoms in total. The van der Waals surface area contributed by atoms with Gasteiger partial charge in [0.15, 0.2) is 5.78 Å². The average molecular weight is 234 g/mol. The number of hydrogen-bond donors (Lipinski definition) is 0. The molecule has 0 unspecified atom stereocenters. The lowest BCUT2D eigenvalue weighted by molar-refractivity contribution is 0.0993. The molecule has 0 bridgehead atoms. The third-order valence-electron chi connectivity index (χ3n) is 2.50. The predicted octanol–water partition coefficient (Wildman–Crippen LogP) is 3.62. The summed E-state index contributed by atoms with van der Waals surface area (Å²) in [6.45, 7) is 1.82. The number of Topliss-reactive ketones (excluding diaryl/α,β-unsaturated/α-hetero) is 1. The van der Waals surface area contributed by atoms with Crippen LogP contribution in [0.25, 0.3) is 0 Å². The Morgan fingerprint density at radius 3 is 2.81 bits per heavy atom. The van der Waals surface area contributed by atoms with Gasteiger partial charge in [-0.05, 0) is 41.6 Å². The average Bonchev–Trinajstić information content (AvgIpc) is 2.75. The lowest BCUT2D eigenvalue weighted by Gasteiger charge is -2.04. The number of benzene rings is 1. The summed E-state index contributed by atoms with van der Waals surface area (Å²) < 4.78 is 12.9. The van der Waals surface area contributed by atoms with Gasteiger partial charge in [0.1, 0.15) is 5.82 Å². The molecule has 0 atom stereocenters. The molecule has 0 fully saturated rings. The van der Waals surface area contributed by atoms with E-state index >= 15 is 0 Å². The molecular weight excluding hydrogens is 223 g/mol. The SMILES string of the molecule is Cc1cc(F)ccc1CC(=O)c1ccsc1. The molecule has 1 aromatic heterocycles. The lowest BCUT2D eigenvalue weighted by atomic mass is 10.0. The van der Waals surface area contributed by atoms with Crippen molar-refractivity contribution in [2.45, 2.75) is 13.3 Å². The Bertz CT molecular complexity index is 503. The van der Waals surface area contributed by atoms with Crippen molar-refractivity contribution < 1.29 is 9.18 Å². The van der Waals surface area contributed by atoms with E-state index in [1.54, 1.807) is 6.07 Å². The number of ketones is 1. The van der Waals surface area contributed by atoms with Crippen LogP contribution < -0.4 is 0 Å². The molecule has 1 heterocycles. The highest BCUT2D eigenvalue weighted by Gasteiger charge is 2.09. The van der Waals surface area contributed by atoms with E-state index < -0.39 is 0 Å². The molecule has 2 rings (SSSR count). The van der Waals surface area contributed by atoms with Crippen LogP contribution in [-0.2, 0) is 6.42 Å². The smallest absolute Gasteiger partial charge is 0.168 e. The highest BCUT2D eigenvalue weighted by molar-refractivity contribution is 7.08. The first kappa shape index (κ1) is 11.0. The second-order valence-corrected chi connectivity index (χ2v) is 4.46. The third-order valence-corrected chi connectivity index (χ3v) is 3.18. The van der Waals surface area contributed by atoms with Crippen molar-refractivity contribution in [2.75, 3.05) is 0 Å². The Morgan fingerprint density at radius 2 is 2.19 bits per heavy atom. The Balaban J connectivity index is 2.18. The molecule has 0 saturated carbocycles. The number of thiophene rings is 1. The minimum atomic E-state index is -0.260. The van der Waals surface area contributed by atoms with E-state index in [-0.39, 0.29) is 11.6 Å². The molecule has 0 saturated heterocycles. The van der Waals surface area contributed by atoms with Gasteiger partial charge in [-0.1, -0.05) is 6.07 Å². The van der Waals surface area contributed by atoms with Crippen molar-refractivity contribution in [1.29, 1.82) is 0 Å². The molecule has 3 heteroatoms. The summed E-state index contributed by atoms with van der Waals surface area (Å²) in [6, 6.07) is 6.33. The van der Waals surface area contributed by atoms with Crippen LogP contribution in [0, 0.1) is 12.7 Å². The van der Waals surface area contributed by atoms with Gasteiger partial charge in [0, 0.05) is 17.4 Å². The van der Waals surface area contributed by atoms with Crippen LogP contribution in [0.1, 0.15) is 21.5 Å². The van der Waals surface area contributed by atoms with Gasteiger partial charge in [-0.15, -0.1) is 0 Å².